The highest BCUT2D eigenvalue weighted by Crippen LogP contribution is 2.29. The van der Waals surface area contributed by atoms with Crippen LogP contribution in [0, 0.1) is 11.3 Å². The molecule has 0 saturated heterocycles. The molecule has 0 saturated carbocycles. The lowest BCUT2D eigenvalue weighted by Crippen LogP contribution is -2.15. The summed E-state index contributed by atoms with van der Waals surface area (Å²) in [6.07, 6.45) is -4.38. The highest BCUT2D eigenvalue weighted by atomic mass is 32.1. The summed E-state index contributed by atoms with van der Waals surface area (Å²) in [6, 6.07) is 6.15. The number of anilines is 1. The van der Waals surface area contributed by atoms with E-state index in [-0.39, 0.29) is 16.3 Å². The number of halogens is 3. The SMILES string of the molecule is C/C(N)=C(/C#N)C(=S)Nc1ccc(C(F)(F)F)cc1. The number of hydrogen-bond acceptors (Lipinski definition) is 3. The van der Waals surface area contributed by atoms with Gasteiger partial charge in [0.05, 0.1) is 5.56 Å². The number of nitrogens with zero attached hydrogens (tertiary/aromatic N) is 1. The highest BCUT2D eigenvalue weighted by Gasteiger charge is 2.29. The average Bonchev–Trinajstić information content (AvgIpc) is 2.28. The van der Waals surface area contributed by atoms with Crippen LogP contribution in [0.5, 0.6) is 0 Å². The van der Waals surface area contributed by atoms with Gasteiger partial charge in [-0.3, -0.25) is 0 Å². The van der Waals surface area contributed by atoms with Gasteiger partial charge >= 0.3 is 6.18 Å². The van der Waals surface area contributed by atoms with Gasteiger partial charge in [-0.1, -0.05) is 12.2 Å². The van der Waals surface area contributed by atoms with Crippen molar-refractivity contribution in [2.45, 2.75) is 13.1 Å². The van der Waals surface area contributed by atoms with Crippen molar-refractivity contribution in [3.05, 3.63) is 41.1 Å². The Morgan fingerprint density at radius 3 is 2.21 bits per heavy atom. The molecule has 0 bridgehead atoms. The molecule has 1 rings (SSSR count). The largest absolute Gasteiger partial charge is 0.416 e. The third-order valence-electron chi connectivity index (χ3n) is 2.20. The molecule has 1 aromatic carbocycles. The Balaban J connectivity index is 2.89. The van der Waals surface area contributed by atoms with Crippen molar-refractivity contribution in [3.63, 3.8) is 0 Å². The summed E-state index contributed by atoms with van der Waals surface area (Å²) in [7, 11) is 0. The number of rotatable bonds is 2. The van der Waals surface area contributed by atoms with Crippen LogP contribution in [-0.2, 0) is 6.18 Å². The van der Waals surface area contributed by atoms with Crippen LogP contribution in [0.2, 0.25) is 0 Å². The molecule has 0 radical (unpaired) electrons. The molecule has 0 unspecified atom stereocenters. The molecule has 1 aromatic rings. The first-order chi connectivity index (χ1) is 8.75. The van der Waals surface area contributed by atoms with Crippen LogP contribution >= 0.6 is 12.2 Å². The minimum Gasteiger partial charge on any atom is -0.401 e. The van der Waals surface area contributed by atoms with E-state index in [1.165, 1.54) is 19.1 Å². The van der Waals surface area contributed by atoms with Gasteiger partial charge in [0.15, 0.2) is 0 Å². The second-order valence-corrected chi connectivity index (χ2v) is 4.11. The fraction of sp³-hybridized carbons (Fsp3) is 0.167. The van der Waals surface area contributed by atoms with Gasteiger partial charge in [-0.15, -0.1) is 0 Å². The van der Waals surface area contributed by atoms with Gasteiger partial charge < -0.3 is 11.1 Å². The molecule has 0 aliphatic heterocycles. The molecule has 0 fully saturated rings. The predicted molar refractivity (Wildman–Crippen MR) is 70.2 cm³/mol. The summed E-state index contributed by atoms with van der Waals surface area (Å²) < 4.78 is 37.1. The van der Waals surface area contributed by atoms with Gasteiger partial charge in [-0.05, 0) is 31.2 Å². The lowest BCUT2D eigenvalue weighted by Gasteiger charge is -2.10. The summed E-state index contributed by atoms with van der Waals surface area (Å²) in [5.74, 6) is 0. The number of thiocarbonyl (C=S) groups is 1. The predicted octanol–water partition coefficient (Wildman–Crippen LogP) is 3.20. The van der Waals surface area contributed by atoms with Crippen LogP contribution in [0.1, 0.15) is 12.5 Å². The van der Waals surface area contributed by atoms with Crippen LogP contribution in [-0.4, -0.2) is 4.99 Å². The Hall–Kier alpha value is -2.07. The van der Waals surface area contributed by atoms with Crippen molar-refractivity contribution < 1.29 is 13.2 Å². The second kappa shape index (κ2) is 5.71. The monoisotopic (exact) mass is 285 g/mol. The summed E-state index contributed by atoms with van der Waals surface area (Å²) >= 11 is 4.95. The molecule has 0 spiro atoms. The molecule has 0 aliphatic carbocycles. The van der Waals surface area contributed by atoms with Gasteiger partial charge in [0, 0.05) is 11.4 Å². The Labute approximate surface area is 113 Å². The van der Waals surface area contributed by atoms with Gasteiger partial charge in [0.2, 0.25) is 0 Å². The third kappa shape index (κ3) is 3.96. The fourth-order valence-electron chi connectivity index (χ4n) is 1.25. The van der Waals surface area contributed by atoms with E-state index in [4.69, 9.17) is 23.2 Å². The number of nitrogens with one attached hydrogen (secondary N) is 1. The maximum Gasteiger partial charge on any atom is 0.416 e. The number of hydrogen-bond donors (Lipinski definition) is 2. The van der Waals surface area contributed by atoms with Crippen molar-refractivity contribution >= 4 is 22.9 Å². The molecule has 0 aromatic heterocycles. The summed E-state index contributed by atoms with van der Waals surface area (Å²) in [5, 5.41) is 11.5. The van der Waals surface area contributed by atoms with E-state index in [9.17, 15) is 13.2 Å². The number of alkyl halides is 3. The first-order valence-corrected chi connectivity index (χ1v) is 5.51. The van der Waals surface area contributed by atoms with Crippen molar-refractivity contribution in [2.75, 3.05) is 5.32 Å². The average molecular weight is 285 g/mol. The number of nitrogens with two attached hydrogens (primary N) is 1. The van der Waals surface area contributed by atoms with Crippen LogP contribution < -0.4 is 11.1 Å². The third-order valence-corrected chi connectivity index (χ3v) is 2.51. The van der Waals surface area contributed by atoms with E-state index >= 15 is 0 Å². The number of nitriles is 1. The van der Waals surface area contributed by atoms with Crippen molar-refractivity contribution in [3.8, 4) is 6.07 Å². The van der Waals surface area contributed by atoms with Crippen molar-refractivity contribution in [2.24, 2.45) is 5.73 Å². The quantitative estimate of drug-likeness (QED) is 0.497. The van der Waals surface area contributed by atoms with E-state index in [1.807, 2.05) is 6.07 Å². The summed E-state index contributed by atoms with van der Waals surface area (Å²) in [4.78, 5) is 0.0715. The van der Waals surface area contributed by atoms with Crippen LogP contribution in [0.4, 0.5) is 18.9 Å². The van der Waals surface area contributed by atoms with E-state index < -0.39 is 11.7 Å². The molecular formula is C12H10F3N3S. The first kappa shape index (κ1) is 15.0. The van der Waals surface area contributed by atoms with E-state index in [0.717, 1.165) is 12.1 Å². The second-order valence-electron chi connectivity index (χ2n) is 3.70. The molecule has 0 atom stereocenters. The van der Waals surface area contributed by atoms with Crippen LogP contribution in [0.25, 0.3) is 0 Å². The molecule has 0 amide bonds. The first-order valence-electron chi connectivity index (χ1n) is 5.10. The minimum atomic E-state index is -4.38. The van der Waals surface area contributed by atoms with E-state index in [1.54, 1.807) is 0 Å². The zero-order valence-electron chi connectivity index (χ0n) is 9.88. The molecule has 100 valence electrons. The maximum atomic E-state index is 12.4. The maximum absolute atomic E-state index is 12.4. The summed E-state index contributed by atoms with van der Waals surface area (Å²) in [5.41, 5.74) is 5.40. The topological polar surface area (TPSA) is 61.8 Å². The smallest absolute Gasteiger partial charge is 0.401 e. The number of benzene rings is 1. The molecule has 0 aliphatic rings. The summed E-state index contributed by atoms with van der Waals surface area (Å²) in [6.45, 7) is 1.51. The lowest BCUT2D eigenvalue weighted by atomic mass is 10.2. The fourth-order valence-corrected chi connectivity index (χ4v) is 1.58. The van der Waals surface area contributed by atoms with Gasteiger partial charge in [-0.25, -0.2) is 0 Å². The Morgan fingerprint density at radius 2 is 1.84 bits per heavy atom. The molecule has 7 heteroatoms. The standard InChI is InChI=1S/C12H10F3N3S/c1-7(17)10(6-16)11(19)18-9-4-2-8(3-5-9)12(13,14)15/h2-5H,17H2,1H3,(H,18,19)/b10-7+. The number of allylic oxidation sites excluding steroid dienone is 1. The van der Waals surface area contributed by atoms with Crippen molar-refractivity contribution in [1.82, 2.24) is 0 Å². The Morgan fingerprint density at radius 1 is 1.32 bits per heavy atom. The lowest BCUT2D eigenvalue weighted by molar-refractivity contribution is -0.137. The van der Waals surface area contributed by atoms with E-state index in [0.29, 0.717) is 5.69 Å². The molecule has 3 nitrogen and oxygen atoms in total. The van der Waals surface area contributed by atoms with E-state index in [2.05, 4.69) is 5.32 Å². The van der Waals surface area contributed by atoms with Crippen LogP contribution in [0.3, 0.4) is 0 Å². The molecule has 3 N–H and O–H groups in total. The Kier molecular flexibility index (Phi) is 4.51. The molecule has 0 heterocycles. The van der Waals surface area contributed by atoms with Crippen LogP contribution in [0.15, 0.2) is 35.5 Å². The van der Waals surface area contributed by atoms with Gasteiger partial charge in [-0.2, -0.15) is 18.4 Å². The molecular weight excluding hydrogens is 275 g/mol. The Bertz CT molecular complexity index is 549. The highest BCUT2D eigenvalue weighted by molar-refractivity contribution is 7.81. The molecule has 19 heavy (non-hydrogen) atoms. The normalized spacial score (nSPS) is 12.4. The van der Waals surface area contributed by atoms with Gasteiger partial charge in [0.1, 0.15) is 16.6 Å². The van der Waals surface area contributed by atoms with Gasteiger partial charge in [0.25, 0.3) is 0 Å². The minimum absolute atomic E-state index is 0.0715. The zero-order valence-corrected chi connectivity index (χ0v) is 10.7. The zero-order chi connectivity index (χ0) is 14.6. The van der Waals surface area contributed by atoms with Crippen molar-refractivity contribution in [1.29, 1.82) is 5.26 Å².